The average molecular weight is 456 g/mol. The van der Waals surface area contributed by atoms with Crippen LogP contribution in [0.15, 0.2) is 11.6 Å². The maximum Gasteiger partial charge on any atom is 0.471 e. The monoisotopic (exact) mass is 455 g/mol. The predicted molar refractivity (Wildman–Crippen MR) is 109 cm³/mol. The van der Waals surface area contributed by atoms with Crippen LogP contribution >= 0.6 is 0 Å². The molecule has 2 bridgehead atoms. The first-order valence-corrected chi connectivity index (χ1v) is 12.0. The standard InChI is InChI=1S/C24H32F3NO4/c1-13-7-8-17-19(28(13)22(30)24(25,26)27)9-14-11-23(17,32-12-31-2)18-10-20(29)15-5-3-4-6-16(15)21(14)18/h10,13-17,19,21H,3-9,11-12H2,1-2H3/t13-,14-,15+,16+,17+,19+,21-,23+/m0/s1. The molecule has 178 valence electrons. The van der Waals surface area contributed by atoms with E-state index >= 15 is 0 Å². The summed E-state index contributed by atoms with van der Waals surface area (Å²) in [6, 6.07) is -1.01. The molecule has 0 unspecified atom stereocenters. The largest absolute Gasteiger partial charge is 0.471 e. The first-order chi connectivity index (χ1) is 15.2. The number of methoxy groups -OCH3 is 1. The third-order valence-electron chi connectivity index (χ3n) is 9.11. The second-order valence-corrected chi connectivity index (χ2v) is 10.5. The van der Waals surface area contributed by atoms with Gasteiger partial charge in [0.25, 0.3) is 0 Å². The second-order valence-electron chi connectivity index (χ2n) is 10.5. The lowest BCUT2D eigenvalue weighted by molar-refractivity contribution is -0.207. The first-order valence-electron chi connectivity index (χ1n) is 12.0. The van der Waals surface area contributed by atoms with Crippen LogP contribution in [0, 0.1) is 29.6 Å². The van der Waals surface area contributed by atoms with Crippen LogP contribution < -0.4 is 0 Å². The number of fused-ring (bicyclic) bond motifs is 9. The number of carbonyl (C=O) groups excluding carboxylic acids is 2. The van der Waals surface area contributed by atoms with Gasteiger partial charge in [-0.15, -0.1) is 0 Å². The van der Waals surface area contributed by atoms with Crippen LogP contribution in [-0.2, 0) is 19.1 Å². The number of ether oxygens (including phenoxy) is 2. The van der Waals surface area contributed by atoms with Crippen LogP contribution in [0.1, 0.15) is 58.3 Å². The fourth-order valence-corrected chi connectivity index (χ4v) is 8.08. The van der Waals surface area contributed by atoms with Gasteiger partial charge in [-0.2, -0.15) is 13.2 Å². The normalized spacial score (nSPS) is 43.3. The molecule has 1 aliphatic heterocycles. The number of rotatable bonds is 3. The molecule has 0 aromatic heterocycles. The maximum atomic E-state index is 13.5. The van der Waals surface area contributed by atoms with Crippen molar-refractivity contribution in [2.45, 2.75) is 82.2 Å². The minimum Gasteiger partial charge on any atom is -0.359 e. The summed E-state index contributed by atoms with van der Waals surface area (Å²) < 4.78 is 52.2. The molecule has 0 aromatic carbocycles. The topological polar surface area (TPSA) is 55.8 Å². The molecule has 1 saturated heterocycles. The fourth-order valence-electron chi connectivity index (χ4n) is 8.08. The Bertz CT molecular complexity index is 827. The number of piperidine rings is 1. The van der Waals surface area contributed by atoms with Gasteiger partial charge in [-0.1, -0.05) is 12.8 Å². The Morgan fingerprint density at radius 3 is 2.69 bits per heavy atom. The minimum absolute atomic E-state index is 0.0187. The van der Waals surface area contributed by atoms with E-state index in [9.17, 15) is 22.8 Å². The highest BCUT2D eigenvalue weighted by molar-refractivity contribution is 5.94. The van der Waals surface area contributed by atoms with Crippen LogP contribution in [0.25, 0.3) is 0 Å². The van der Waals surface area contributed by atoms with Gasteiger partial charge in [0.05, 0.1) is 5.60 Å². The molecule has 0 N–H and O–H groups in total. The number of nitrogens with zero attached hydrogens (tertiary/aromatic N) is 1. The van der Waals surface area contributed by atoms with Gasteiger partial charge in [0, 0.05) is 31.0 Å². The van der Waals surface area contributed by atoms with Gasteiger partial charge in [-0.05, 0) is 74.9 Å². The van der Waals surface area contributed by atoms with E-state index in [2.05, 4.69) is 0 Å². The van der Waals surface area contributed by atoms with E-state index in [1.807, 2.05) is 0 Å². The summed E-state index contributed by atoms with van der Waals surface area (Å²) in [4.78, 5) is 26.7. The molecule has 1 amide bonds. The quantitative estimate of drug-likeness (QED) is 0.597. The third kappa shape index (κ3) is 3.19. The van der Waals surface area contributed by atoms with Crippen molar-refractivity contribution in [1.29, 1.82) is 0 Å². The van der Waals surface area contributed by atoms with E-state index in [0.29, 0.717) is 25.7 Å². The summed E-state index contributed by atoms with van der Waals surface area (Å²) in [5, 5.41) is 0. The highest BCUT2D eigenvalue weighted by Gasteiger charge is 2.66. The summed E-state index contributed by atoms with van der Waals surface area (Å²) in [6.07, 6.45) is 3.31. The number of carbonyl (C=O) groups is 2. The van der Waals surface area contributed by atoms with Crippen molar-refractivity contribution in [1.82, 2.24) is 4.90 Å². The van der Waals surface area contributed by atoms with Gasteiger partial charge in [0.2, 0.25) is 0 Å². The molecule has 8 heteroatoms. The number of likely N-dealkylation sites (tertiary alicyclic amines) is 1. The minimum atomic E-state index is -4.90. The maximum absolute atomic E-state index is 13.5. The van der Waals surface area contributed by atoms with Crippen LogP contribution in [0.4, 0.5) is 13.2 Å². The molecule has 5 rings (SSSR count). The number of ketones is 1. The number of amides is 1. The molecule has 8 atom stereocenters. The van der Waals surface area contributed by atoms with Gasteiger partial charge in [-0.25, -0.2) is 0 Å². The Morgan fingerprint density at radius 2 is 1.97 bits per heavy atom. The number of halogens is 3. The molecule has 5 aliphatic rings. The zero-order valence-electron chi connectivity index (χ0n) is 18.7. The van der Waals surface area contributed by atoms with E-state index in [4.69, 9.17) is 9.47 Å². The summed E-state index contributed by atoms with van der Waals surface area (Å²) >= 11 is 0. The molecule has 5 nitrogen and oxygen atoms in total. The summed E-state index contributed by atoms with van der Waals surface area (Å²) in [5.74, 6) is -1.33. The Balaban J connectivity index is 1.59. The van der Waals surface area contributed by atoms with Crippen molar-refractivity contribution in [2.75, 3.05) is 13.9 Å². The molecular formula is C24H32F3NO4. The molecule has 1 heterocycles. The van der Waals surface area contributed by atoms with Crippen molar-refractivity contribution in [2.24, 2.45) is 29.6 Å². The van der Waals surface area contributed by atoms with E-state index in [1.54, 1.807) is 13.0 Å². The SMILES string of the molecule is COCO[C@]12C[C@H](C[C@@H]3[C@H]1CC[C@H](C)N3C(=O)C(F)(F)F)[C@@H]1C2=CC(=O)[C@@H]2CCCC[C@@H]12. The van der Waals surface area contributed by atoms with Crippen molar-refractivity contribution in [3.63, 3.8) is 0 Å². The van der Waals surface area contributed by atoms with Gasteiger partial charge >= 0.3 is 12.1 Å². The van der Waals surface area contributed by atoms with E-state index in [-0.39, 0.29) is 42.2 Å². The number of allylic oxidation sites excluding steroid dienone is 1. The van der Waals surface area contributed by atoms with E-state index < -0.39 is 29.8 Å². The predicted octanol–water partition coefficient (Wildman–Crippen LogP) is 4.26. The van der Waals surface area contributed by atoms with Gasteiger partial charge in [-0.3, -0.25) is 9.59 Å². The zero-order chi connectivity index (χ0) is 22.8. The van der Waals surface area contributed by atoms with Crippen molar-refractivity contribution in [3.05, 3.63) is 11.6 Å². The first kappa shape index (κ1) is 22.4. The lowest BCUT2D eigenvalue weighted by Crippen LogP contribution is -2.63. The summed E-state index contributed by atoms with van der Waals surface area (Å²) in [7, 11) is 1.53. The van der Waals surface area contributed by atoms with Crippen molar-refractivity contribution < 1.29 is 32.2 Å². The summed E-state index contributed by atoms with van der Waals surface area (Å²) in [5.41, 5.74) is 0.158. The second kappa shape index (κ2) is 7.83. The van der Waals surface area contributed by atoms with Crippen LogP contribution in [-0.4, -0.2) is 54.4 Å². The Labute approximate surface area is 186 Å². The summed E-state index contributed by atoms with van der Waals surface area (Å²) in [6.45, 7) is 1.73. The van der Waals surface area contributed by atoms with Crippen molar-refractivity contribution in [3.8, 4) is 0 Å². The highest BCUT2D eigenvalue weighted by atomic mass is 19.4. The van der Waals surface area contributed by atoms with Gasteiger partial charge in [0.1, 0.15) is 6.79 Å². The molecule has 0 spiro atoms. The fraction of sp³-hybridized carbons (Fsp3) is 0.833. The van der Waals surface area contributed by atoms with Crippen molar-refractivity contribution >= 4 is 11.7 Å². The molecule has 32 heavy (non-hydrogen) atoms. The number of alkyl halides is 3. The highest BCUT2D eigenvalue weighted by Crippen LogP contribution is 2.65. The average Bonchev–Trinajstić information content (AvgIpc) is 3.00. The van der Waals surface area contributed by atoms with Crippen LogP contribution in [0.2, 0.25) is 0 Å². The van der Waals surface area contributed by atoms with Crippen LogP contribution in [0.3, 0.4) is 0 Å². The molecule has 4 fully saturated rings. The lowest BCUT2D eigenvalue weighted by atomic mass is 9.63. The van der Waals surface area contributed by atoms with E-state index in [1.165, 1.54) is 7.11 Å². The Hall–Kier alpha value is -1.41. The Kier molecular flexibility index (Phi) is 5.48. The number of hydrogen-bond acceptors (Lipinski definition) is 4. The molecule has 0 aromatic rings. The molecule has 3 saturated carbocycles. The van der Waals surface area contributed by atoms with Gasteiger partial charge in [0.15, 0.2) is 5.78 Å². The lowest BCUT2D eigenvalue weighted by Gasteiger charge is -2.54. The molecule has 4 aliphatic carbocycles. The smallest absolute Gasteiger partial charge is 0.359 e. The van der Waals surface area contributed by atoms with Gasteiger partial charge < -0.3 is 14.4 Å². The molecular weight excluding hydrogens is 423 g/mol. The molecule has 0 radical (unpaired) electrons. The van der Waals surface area contributed by atoms with E-state index in [0.717, 1.165) is 36.2 Å². The zero-order valence-corrected chi connectivity index (χ0v) is 18.7. The number of hydrogen-bond donors (Lipinski definition) is 0. The third-order valence-corrected chi connectivity index (χ3v) is 9.11. The van der Waals surface area contributed by atoms with Crippen LogP contribution in [0.5, 0.6) is 0 Å². The Morgan fingerprint density at radius 1 is 1.22 bits per heavy atom.